The molecule has 3 aromatic heterocycles. The first-order chi connectivity index (χ1) is 13.4. The molecule has 0 fully saturated rings. The van der Waals surface area contributed by atoms with Gasteiger partial charge in [0, 0.05) is 43.0 Å². The Hall–Kier alpha value is -2.69. The van der Waals surface area contributed by atoms with Gasteiger partial charge in [0.05, 0.1) is 10.6 Å². The maximum Gasteiger partial charge on any atom is 0.244 e. The van der Waals surface area contributed by atoms with E-state index in [4.69, 9.17) is 0 Å². The summed E-state index contributed by atoms with van der Waals surface area (Å²) in [7, 11) is -0.631. The van der Waals surface area contributed by atoms with Crippen LogP contribution in [-0.4, -0.2) is 57.9 Å². The van der Waals surface area contributed by atoms with Crippen molar-refractivity contribution in [3.8, 4) is 0 Å². The summed E-state index contributed by atoms with van der Waals surface area (Å²) in [5.41, 5.74) is 2.04. The molecule has 1 N–H and O–H groups in total. The minimum atomic E-state index is -3.58. The predicted octanol–water partition coefficient (Wildman–Crippen LogP) is 2.44. The number of nitrogens with one attached hydrogen (secondary N) is 1. The van der Waals surface area contributed by atoms with E-state index in [1.165, 1.54) is 38.1 Å². The first kappa shape index (κ1) is 18.7. The van der Waals surface area contributed by atoms with Crippen LogP contribution < -0.4 is 0 Å². The number of para-hydroxylation sites is 1. The highest BCUT2D eigenvalue weighted by atomic mass is 32.2. The van der Waals surface area contributed by atoms with Crippen LogP contribution >= 0.6 is 11.8 Å². The molecule has 0 aliphatic rings. The van der Waals surface area contributed by atoms with Crippen molar-refractivity contribution in [1.29, 1.82) is 0 Å². The molecular formula is C18H17N5O3S2. The molecule has 0 spiro atoms. The van der Waals surface area contributed by atoms with E-state index in [1.807, 2.05) is 24.3 Å². The van der Waals surface area contributed by atoms with E-state index in [9.17, 15) is 13.2 Å². The zero-order valence-electron chi connectivity index (χ0n) is 15.2. The van der Waals surface area contributed by atoms with Gasteiger partial charge in [0.25, 0.3) is 0 Å². The number of aromatic nitrogens is 4. The second-order valence-corrected chi connectivity index (χ2v) is 9.42. The van der Waals surface area contributed by atoms with Gasteiger partial charge in [-0.15, -0.1) is 10.2 Å². The number of carbonyl (C=O) groups excluding carboxylic acids is 1. The number of aromatic amines is 1. The number of pyridine rings is 1. The van der Waals surface area contributed by atoms with Gasteiger partial charge in [0.1, 0.15) is 0 Å². The van der Waals surface area contributed by atoms with Crippen molar-refractivity contribution in [3.63, 3.8) is 0 Å². The summed E-state index contributed by atoms with van der Waals surface area (Å²) in [6.45, 7) is 0. The number of thioether (sulfide) groups is 1. The first-order valence-corrected chi connectivity index (χ1v) is 10.8. The number of rotatable bonds is 6. The van der Waals surface area contributed by atoms with Gasteiger partial charge in [-0.05, 0) is 18.2 Å². The average Bonchev–Trinajstić information content (AvgIpc) is 3.29. The van der Waals surface area contributed by atoms with Crippen LogP contribution in [0.4, 0.5) is 0 Å². The van der Waals surface area contributed by atoms with Crippen molar-refractivity contribution in [2.45, 2.75) is 10.1 Å². The number of nitrogens with zero attached hydrogens (tertiary/aromatic N) is 4. The normalized spacial score (nSPS) is 12.2. The van der Waals surface area contributed by atoms with Crippen molar-refractivity contribution in [1.82, 2.24) is 23.9 Å². The van der Waals surface area contributed by atoms with Crippen LogP contribution in [0.15, 0.2) is 58.8 Å². The molecule has 3 heterocycles. The van der Waals surface area contributed by atoms with Gasteiger partial charge in [-0.1, -0.05) is 30.0 Å². The van der Waals surface area contributed by atoms with Crippen LogP contribution in [0.5, 0.6) is 0 Å². The van der Waals surface area contributed by atoms with Gasteiger partial charge in [-0.2, -0.15) is 0 Å². The van der Waals surface area contributed by atoms with Gasteiger partial charge >= 0.3 is 0 Å². The van der Waals surface area contributed by atoms with E-state index in [-0.39, 0.29) is 16.4 Å². The molecule has 0 radical (unpaired) electrons. The number of Topliss-reactive ketones (excluding diaryl/α,β-unsaturated/α-hetero) is 1. The maximum absolute atomic E-state index is 12.7. The molecule has 0 saturated carbocycles. The fourth-order valence-electron chi connectivity index (χ4n) is 2.82. The van der Waals surface area contributed by atoms with Gasteiger partial charge in [-0.25, -0.2) is 12.7 Å². The van der Waals surface area contributed by atoms with Crippen molar-refractivity contribution in [3.05, 3.63) is 54.4 Å². The predicted molar refractivity (Wildman–Crippen MR) is 107 cm³/mol. The zero-order chi connectivity index (χ0) is 19.9. The van der Waals surface area contributed by atoms with Crippen molar-refractivity contribution in [2.75, 3.05) is 19.8 Å². The molecule has 10 heteroatoms. The van der Waals surface area contributed by atoms with Crippen LogP contribution in [0.3, 0.4) is 0 Å². The van der Waals surface area contributed by atoms with Crippen molar-refractivity contribution >= 4 is 44.1 Å². The summed E-state index contributed by atoms with van der Waals surface area (Å²) in [5, 5.41) is 9.46. The van der Waals surface area contributed by atoms with Crippen LogP contribution in [0.1, 0.15) is 10.4 Å². The molecule has 4 aromatic rings. The van der Waals surface area contributed by atoms with Crippen molar-refractivity contribution < 1.29 is 13.2 Å². The third kappa shape index (κ3) is 3.19. The number of ketones is 1. The van der Waals surface area contributed by atoms with Crippen LogP contribution in [0.2, 0.25) is 0 Å². The molecular weight excluding hydrogens is 398 g/mol. The first-order valence-electron chi connectivity index (χ1n) is 8.37. The number of H-pyrrole nitrogens is 1. The summed E-state index contributed by atoms with van der Waals surface area (Å²) in [6.07, 6.45) is 3.18. The standard InChI is InChI=1S/C18H17N5O3S2/c1-22(2)28(25,26)12-7-8-17-20-21-18(23(17)10-12)27-11-16(24)14-9-19-15-6-4-3-5-13(14)15/h3-10,19H,11H2,1-2H3. The fourth-order valence-corrected chi connectivity index (χ4v) is 4.52. The van der Waals surface area contributed by atoms with Gasteiger partial charge in [-0.3, -0.25) is 9.20 Å². The minimum absolute atomic E-state index is 0.0451. The number of hydrogen-bond acceptors (Lipinski definition) is 6. The Morgan fingerprint density at radius 1 is 1.18 bits per heavy atom. The lowest BCUT2D eigenvalue weighted by Gasteiger charge is -2.11. The lowest BCUT2D eigenvalue weighted by molar-refractivity contribution is 0.102. The SMILES string of the molecule is CN(C)S(=O)(=O)c1ccc2nnc(SCC(=O)c3c[nH]c4ccccc34)n2c1. The second kappa shape index (κ2) is 7.04. The fraction of sp³-hybridized carbons (Fsp3) is 0.167. The Morgan fingerprint density at radius 2 is 1.96 bits per heavy atom. The molecule has 0 aliphatic heterocycles. The number of sulfonamides is 1. The summed E-state index contributed by atoms with van der Waals surface area (Å²) in [4.78, 5) is 15.9. The molecule has 0 bridgehead atoms. The molecule has 8 nitrogen and oxygen atoms in total. The van der Waals surface area contributed by atoms with E-state index < -0.39 is 10.0 Å². The van der Waals surface area contributed by atoms with Crippen LogP contribution in [-0.2, 0) is 10.0 Å². The maximum atomic E-state index is 12.7. The average molecular weight is 416 g/mol. The summed E-state index contributed by atoms with van der Waals surface area (Å²) < 4.78 is 27.5. The number of fused-ring (bicyclic) bond motifs is 2. The van der Waals surface area contributed by atoms with E-state index >= 15 is 0 Å². The molecule has 4 rings (SSSR count). The molecule has 144 valence electrons. The summed E-state index contributed by atoms with van der Waals surface area (Å²) >= 11 is 1.22. The summed E-state index contributed by atoms with van der Waals surface area (Å²) in [6, 6.07) is 10.7. The Bertz CT molecular complexity index is 1290. The van der Waals surface area contributed by atoms with Crippen LogP contribution in [0.25, 0.3) is 16.6 Å². The molecule has 0 unspecified atom stereocenters. The Labute approximate surface area is 165 Å². The monoisotopic (exact) mass is 415 g/mol. The molecule has 1 aromatic carbocycles. The zero-order valence-corrected chi connectivity index (χ0v) is 16.8. The van der Waals surface area contributed by atoms with Gasteiger partial charge < -0.3 is 4.98 Å². The lowest BCUT2D eigenvalue weighted by Crippen LogP contribution is -2.22. The number of benzene rings is 1. The highest BCUT2D eigenvalue weighted by Crippen LogP contribution is 2.24. The molecule has 0 aliphatic carbocycles. The third-order valence-electron chi connectivity index (χ3n) is 4.34. The van der Waals surface area contributed by atoms with Crippen LogP contribution in [0, 0.1) is 0 Å². The smallest absolute Gasteiger partial charge is 0.244 e. The Kier molecular flexibility index (Phi) is 4.69. The van der Waals surface area contributed by atoms with E-state index in [1.54, 1.807) is 16.7 Å². The van der Waals surface area contributed by atoms with Gasteiger partial charge in [0.2, 0.25) is 10.0 Å². The van der Waals surface area contributed by atoms with Crippen molar-refractivity contribution in [2.24, 2.45) is 0 Å². The number of hydrogen-bond donors (Lipinski definition) is 1. The number of carbonyl (C=O) groups is 1. The molecule has 0 atom stereocenters. The van der Waals surface area contributed by atoms with E-state index in [0.29, 0.717) is 16.4 Å². The second-order valence-electron chi connectivity index (χ2n) is 6.32. The Morgan fingerprint density at radius 3 is 2.75 bits per heavy atom. The minimum Gasteiger partial charge on any atom is -0.360 e. The third-order valence-corrected chi connectivity index (χ3v) is 7.09. The van der Waals surface area contributed by atoms with Gasteiger partial charge in [0.15, 0.2) is 16.6 Å². The van der Waals surface area contributed by atoms with E-state index in [2.05, 4.69) is 15.2 Å². The highest BCUT2D eigenvalue weighted by molar-refractivity contribution is 7.99. The lowest BCUT2D eigenvalue weighted by atomic mass is 10.1. The van der Waals surface area contributed by atoms with E-state index in [0.717, 1.165) is 15.2 Å². The molecule has 28 heavy (non-hydrogen) atoms. The Balaban J connectivity index is 1.60. The quantitative estimate of drug-likeness (QED) is 0.383. The molecule has 0 amide bonds. The molecule has 0 saturated heterocycles. The highest BCUT2D eigenvalue weighted by Gasteiger charge is 2.20. The topological polar surface area (TPSA) is 100 Å². The summed E-state index contributed by atoms with van der Waals surface area (Å²) in [5.74, 6) is 0.115. The largest absolute Gasteiger partial charge is 0.360 e.